The molecule has 3 rings (SSSR count). The van der Waals surface area contributed by atoms with Gasteiger partial charge in [0.05, 0.1) is 13.2 Å². The highest BCUT2D eigenvalue weighted by molar-refractivity contribution is 5.82. The van der Waals surface area contributed by atoms with Crippen LogP contribution >= 0.6 is 0 Å². The van der Waals surface area contributed by atoms with Crippen LogP contribution in [0.1, 0.15) is 49.3 Å². The highest BCUT2D eigenvalue weighted by atomic mass is 16.5. The maximum atomic E-state index is 12.3. The first-order chi connectivity index (χ1) is 13.3. The number of ether oxygens (including phenoxy) is 2. The Labute approximate surface area is 165 Å². The van der Waals surface area contributed by atoms with Gasteiger partial charge < -0.3 is 13.9 Å². The first-order valence-electron chi connectivity index (χ1n) is 9.76. The molecule has 0 spiro atoms. The van der Waals surface area contributed by atoms with Crippen LogP contribution in [0.15, 0.2) is 27.4 Å². The van der Waals surface area contributed by atoms with Crippen molar-refractivity contribution in [1.29, 1.82) is 0 Å². The third-order valence-corrected chi connectivity index (χ3v) is 5.68. The molecule has 0 N–H and O–H groups in total. The number of hydrogen-bond acceptors (Lipinski definition) is 6. The van der Waals surface area contributed by atoms with Crippen LogP contribution in [0.4, 0.5) is 0 Å². The molecule has 1 aromatic heterocycles. The smallest absolute Gasteiger partial charge is 0.336 e. The zero-order chi connectivity index (χ0) is 20.4. The molecule has 0 radical (unpaired) electrons. The lowest BCUT2D eigenvalue weighted by molar-refractivity contribution is -0.151. The van der Waals surface area contributed by atoms with E-state index >= 15 is 0 Å². The second-order valence-corrected chi connectivity index (χ2v) is 7.84. The largest absolute Gasteiger partial charge is 0.468 e. The van der Waals surface area contributed by atoms with Crippen molar-refractivity contribution in [2.75, 3.05) is 20.8 Å². The van der Waals surface area contributed by atoms with Crippen molar-refractivity contribution >= 4 is 16.9 Å². The van der Waals surface area contributed by atoms with Gasteiger partial charge in [0.25, 0.3) is 0 Å². The Kier molecular flexibility index (Phi) is 6.20. The van der Waals surface area contributed by atoms with E-state index in [-0.39, 0.29) is 23.7 Å². The van der Waals surface area contributed by atoms with Gasteiger partial charge in [-0.1, -0.05) is 13.8 Å². The third kappa shape index (κ3) is 4.13. The number of esters is 1. The molecular formula is C22H29NO5. The molecule has 0 aliphatic carbocycles. The first kappa shape index (κ1) is 20.6. The molecule has 1 aromatic carbocycles. The molecule has 2 heterocycles. The predicted molar refractivity (Wildman–Crippen MR) is 108 cm³/mol. The number of likely N-dealkylation sites (tertiary alicyclic amines) is 1. The van der Waals surface area contributed by atoms with Gasteiger partial charge in [0.15, 0.2) is 0 Å². The summed E-state index contributed by atoms with van der Waals surface area (Å²) in [5, 5.41) is 0.923. The fraction of sp³-hybridized carbons (Fsp3) is 0.545. The number of hydrogen-bond donors (Lipinski definition) is 0. The molecule has 6 heteroatoms. The molecular weight excluding hydrogens is 358 g/mol. The van der Waals surface area contributed by atoms with E-state index in [2.05, 4.69) is 24.8 Å². The average Bonchev–Trinajstić information content (AvgIpc) is 2.66. The van der Waals surface area contributed by atoms with E-state index in [1.165, 1.54) is 12.7 Å². The Balaban J connectivity index is 2.01. The van der Waals surface area contributed by atoms with Gasteiger partial charge in [0.2, 0.25) is 0 Å². The third-order valence-electron chi connectivity index (χ3n) is 5.68. The van der Waals surface area contributed by atoms with Gasteiger partial charge in [-0.05, 0) is 54.5 Å². The van der Waals surface area contributed by atoms with Gasteiger partial charge >= 0.3 is 11.6 Å². The number of piperidine rings is 1. The van der Waals surface area contributed by atoms with Crippen LogP contribution in [-0.2, 0) is 20.8 Å². The standard InChI is InChI=1S/C22H29NO5/c1-13(2)17-11-18-15(9-21(24)28-20(18)8-14(17)3)12-23-7-6-16(26-4)10-19(23)22(25)27-5/h8-9,11,13,16,19H,6-7,10,12H2,1-5H3/t16-,19+/m1/s1. The molecule has 1 aliphatic rings. The Morgan fingerprint density at radius 1 is 1.29 bits per heavy atom. The summed E-state index contributed by atoms with van der Waals surface area (Å²) >= 11 is 0. The van der Waals surface area contributed by atoms with E-state index in [9.17, 15) is 9.59 Å². The van der Waals surface area contributed by atoms with E-state index in [1.54, 1.807) is 13.2 Å². The molecule has 0 unspecified atom stereocenters. The van der Waals surface area contributed by atoms with Crippen LogP contribution in [0.25, 0.3) is 11.0 Å². The topological polar surface area (TPSA) is 69.0 Å². The Hall–Kier alpha value is -2.18. The van der Waals surface area contributed by atoms with Crippen molar-refractivity contribution in [3.63, 3.8) is 0 Å². The van der Waals surface area contributed by atoms with Crippen molar-refractivity contribution < 1.29 is 18.7 Å². The Morgan fingerprint density at radius 2 is 2.04 bits per heavy atom. The zero-order valence-corrected chi connectivity index (χ0v) is 17.3. The lowest BCUT2D eigenvalue weighted by Gasteiger charge is -2.37. The number of benzene rings is 1. The molecule has 28 heavy (non-hydrogen) atoms. The van der Waals surface area contributed by atoms with E-state index in [4.69, 9.17) is 13.9 Å². The minimum absolute atomic E-state index is 0.0353. The maximum absolute atomic E-state index is 12.3. The molecule has 0 amide bonds. The minimum atomic E-state index is -0.388. The zero-order valence-electron chi connectivity index (χ0n) is 17.3. The molecule has 152 valence electrons. The van der Waals surface area contributed by atoms with Gasteiger partial charge in [-0.3, -0.25) is 9.69 Å². The Morgan fingerprint density at radius 3 is 2.68 bits per heavy atom. The highest BCUT2D eigenvalue weighted by Gasteiger charge is 2.34. The number of aryl methyl sites for hydroxylation is 1. The summed E-state index contributed by atoms with van der Waals surface area (Å²) in [5.41, 5.74) is 3.42. The molecule has 6 nitrogen and oxygen atoms in total. The van der Waals surface area contributed by atoms with E-state index in [1.807, 2.05) is 13.0 Å². The molecule has 0 bridgehead atoms. The summed E-state index contributed by atoms with van der Waals surface area (Å²) in [6.45, 7) is 7.51. The second kappa shape index (κ2) is 8.45. The van der Waals surface area contributed by atoms with E-state index < -0.39 is 0 Å². The monoisotopic (exact) mass is 387 g/mol. The number of carbonyl (C=O) groups excluding carboxylic acids is 1. The first-order valence-corrected chi connectivity index (χ1v) is 9.76. The summed E-state index contributed by atoms with van der Waals surface area (Å²) in [5.74, 6) is 0.0946. The second-order valence-electron chi connectivity index (χ2n) is 7.84. The van der Waals surface area contributed by atoms with Crippen LogP contribution in [0.2, 0.25) is 0 Å². The van der Waals surface area contributed by atoms with Crippen molar-refractivity contribution in [3.05, 3.63) is 45.3 Å². The minimum Gasteiger partial charge on any atom is -0.468 e. The van der Waals surface area contributed by atoms with Crippen molar-refractivity contribution in [2.24, 2.45) is 0 Å². The predicted octanol–water partition coefficient (Wildman–Crippen LogP) is 3.38. The van der Waals surface area contributed by atoms with Gasteiger partial charge in [-0.2, -0.15) is 0 Å². The molecule has 2 atom stereocenters. The average molecular weight is 387 g/mol. The van der Waals surface area contributed by atoms with Gasteiger partial charge in [-0.25, -0.2) is 4.79 Å². The van der Waals surface area contributed by atoms with Crippen molar-refractivity contribution in [3.8, 4) is 0 Å². The summed E-state index contributed by atoms with van der Waals surface area (Å²) in [6.07, 6.45) is 1.45. The summed E-state index contributed by atoms with van der Waals surface area (Å²) in [6, 6.07) is 5.20. The summed E-state index contributed by atoms with van der Waals surface area (Å²) in [7, 11) is 3.07. The van der Waals surface area contributed by atoms with E-state index in [0.29, 0.717) is 31.0 Å². The van der Waals surface area contributed by atoms with Gasteiger partial charge in [-0.15, -0.1) is 0 Å². The number of carbonyl (C=O) groups is 1. The highest BCUT2D eigenvalue weighted by Crippen LogP contribution is 2.29. The number of fused-ring (bicyclic) bond motifs is 1. The van der Waals surface area contributed by atoms with Crippen molar-refractivity contribution in [1.82, 2.24) is 4.90 Å². The molecule has 2 aromatic rings. The SMILES string of the molecule is COC(=O)[C@@H]1C[C@H](OC)CCN1Cc1cc(=O)oc2cc(C)c(C(C)C)cc12. The number of nitrogens with zero attached hydrogens (tertiary/aromatic N) is 1. The normalized spacial score (nSPS) is 20.6. The molecule has 0 saturated carbocycles. The van der Waals surface area contributed by atoms with Crippen LogP contribution < -0.4 is 5.63 Å². The van der Waals surface area contributed by atoms with Gasteiger partial charge in [0, 0.05) is 31.7 Å². The fourth-order valence-corrected chi connectivity index (χ4v) is 4.13. The molecule has 1 aliphatic heterocycles. The fourth-order valence-electron chi connectivity index (χ4n) is 4.13. The summed E-state index contributed by atoms with van der Waals surface area (Å²) in [4.78, 5) is 26.6. The molecule has 1 saturated heterocycles. The van der Waals surface area contributed by atoms with Gasteiger partial charge in [0.1, 0.15) is 11.6 Å². The van der Waals surface area contributed by atoms with Crippen molar-refractivity contribution in [2.45, 2.75) is 58.2 Å². The van der Waals surface area contributed by atoms with Crippen LogP contribution in [-0.4, -0.2) is 43.8 Å². The van der Waals surface area contributed by atoms with Crippen LogP contribution in [0, 0.1) is 6.92 Å². The summed E-state index contributed by atoms with van der Waals surface area (Å²) < 4.78 is 15.9. The van der Waals surface area contributed by atoms with Crippen LogP contribution in [0.3, 0.4) is 0 Å². The van der Waals surface area contributed by atoms with E-state index in [0.717, 1.165) is 22.9 Å². The Bertz CT molecular complexity index is 917. The lowest BCUT2D eigenvalue weighted by atomic mass is 9.94. The maximum Gasteiger partial charge on any atom is 0.336 e. The lowest BCUT2D eigenvalue weighted by Crippen LogP contribution is -2.49. The number of rotatable bonds is 5. The molecule has 1 fully saturated rings. The number of methoxy groups -OCH3 is 2. The quantitative estimate of drug-likeness (QED) is 0.579. The van der Waals surface area contributed by atoms with Crippen LogP contribution in [0.5, 0.6) is 0 Å².